The molecule has 0 aliphatic rings. The zero-order valence-corrected chi connectivity index (χ0v) is 10.9. The number of aromatic nitrogens is 4. The van der Waals surface area contributed by atoms with E-state index in [1.165, 1.54) is 12.4 Å². The van der Waals surface area contributed by atoms with E-state index in [9.17, 15) is 4.79 Å². The van der Waals surface area contributed by atoms with Crippen molar-refractivity contribution >= 4 is 34.4 Å². The summed E-state index contributed by atoms with van der Waals surface area (Å²) in [6.07, 6.45) is 5.99. The Morgan fingerprint density at radius 2 is 1.90 bits per heavy atom. The van der Waals surface area contributed by atoms with Crippen LogP contribution in [0.15, 0.2) is 43.0 Å². The summed E-state index contributed by atoms with van der Waals surface area (Å²) in [6, 6.07) is 5.07. The van der Waals surface area contributed by atoms with Crippen molar-refractivity contribution in [1.82, 2.24) is 19.9 Å². The molecule has 3 aromatic rings. The van der Waals surface area contributed by atoms with E-state index in [0.717, 1.165) is 5.52 Å². The highest BCUT2D eigenvalue weighted by molar-refractivity contribution is 6.29. The van der Waals surface area contributed by atoms with Crippen LogP contribution in [0.1, 0.15) is 10.4 Å². The van der Waals surface area contributed by atoms with E-state index >= 15 is 0 Å². The summed E-state index contributed by atoms with van der Waals surface area (Å²) < 4.78 is 0. The quantitative estimate of drug-likeness (QED) is 0.781. The van der Waals surface area contributed by atoms with E-state index in [1.807, 2.05) is 0 Å². The third-order valence-electron chi connectivity index (χ3n) is 2.58. The average molecular weight is 286 g/mol. The lowest BCUT2D eigenvalue weighted by Gasteiger charge is -2.04. The van der Waals surface area contributed by atoms with Gasteiger partial charge in [0.25, 0.3) is 5.91 Å². The van der Waals surface area contributed by atoms with Gasteiger partial charge in [0.05, 0.1) is 23.4 Å². The predicted molar refractivity (Wildman–Crippen MR) is 74.5 cm³/mol. The van der Waals surface area contributed by atoms with Gasteiger partial charge < -0.3 is 5.32 Å². The van der Waals surface area contributed by atoms with Gasteiger partial charge in [-0.2, -0.15) is 0 Å². The number of fused-ring (bicyclic) bond motifs is 1. The largest absolute Gasteiger partial charge is 0.305 e. The minimum Gasteiger partial charge on any atom is -0.305 e. The van der Waals surface area contributed by atoms with Crippen LogP contribution in [0.4, 0.5) is 5.82 Å². The highest BCUT2D eigenvalue weighted by Crippen LogP contribution is 2.13. The van der Waals surface area contributed by atoms with Gasteiger partial charge in [-0.1, -0.05) is 11.6 Å². The number of benzene rings is 1. The number of anilines is 1. The van der Waals surface area contributed by atoms with Crippen LogP contribution < -0.4 is 5.32 Å². The molecular weight excluding hydrogens is 278 g/mol. The predicted octanol–water partition coefficient (Wildman–Crippen LogP) is 2.33. The van der Waals surface area contributed by atoms with Gasteiger partial charge in [-0.05, 0) is 18.2 Å². The average Bonchev–Trinajstić information content (AvgIpc) is 2.47. The molecule has 2 aromatic heterocycles. The van der Waals surface area contributed by atoms with Gasteiger partial charge in [-0.3, -0.25) is 19.7 Å². The summed E-state index contributed by atoms with van der Waals surface area (Å²) in [7, 11) is 0. The van der Waals surface area contributed by atoms with Crippen molar-refractivity contribution in [2.45, 2.75) is 0 Å². The first kappa shape index (κ1) is 12.4. The molecule has 0 saturated heterocycles. The van der Waals surface area contributed by atoms with E-state index in [-0.39, 0.29) is 11.1 Å². The van der Waals surface area contributed by atoms with Crippen molar-refractivity contribution in [2.24, 2.45) is 0 Å². The molecule has 0 bridgehead atoms. The van der Waals surface area contributed by atoms with Gasteiger partial charge in [-0.25, -0.2) is 4.98 Å². The molecule has 6 nitrogen and oxygen atoms in total. The summed E-state index contributed by atoms with van der Waals surface area (Å²) >= 11 is 5.71. The highest BCUT2D eigenvalue weighted by Gasteiger charge is 2.09. The molecule has 2 heterocycles. The molecule has 0 aliphatic heterocycles. The maximum atomic E-state index is 12.1. The molecule has 7 heteroatoms. The molecule has 0 radical (unpaired) electrons. The molecule has 0 fully saturated rings. The lowest BCUT2D eigenvalue weighted by atomic mass is 10.2. The number of halogens is 1. The third kappa shape index (κ3) is 2.55. The first-order valence-electron chi connectivity index (χ1n) is 5.72. The first-order chi connectivity index (χ1) is 9.72. The number of carbonyl (C=O) groups excluding carboxylic acids is 1. The third-order valence-corrected chi connectivity index (χ3v) is 2.76. The molecule has 1 amide bonds. The maximum Gasteiger partial charge on any atom is 0.256 e. The lowest BCUT2D eigenvalue weighted by Crippen LogP contribution is -2.13. The van der Waals surface area contributed by atoms with E-state index in [0.29, 0.717) is 16.9 Å². The Kier molecular flexibility index (Phi) is 3.22. The second-order valence-electron chi connectivity index (χ2n) is 3.94. The van der Waals surface area contributed by atoms with Crippen molar-refractivity contribution < 1.29 is 4.79 Å². The molecule has 0 saturated carbocycles. The van der Waals surface area contributed by atoms with Crippen molar-refractivity contribution in [3.63, 3.8) is 0 Å². The Labute approximate surface area is 118 Å². The summed E-state index contributed by atoms with van der Waals surface area (Å²) in [4.78, 5) is 28.2. The monoisotopic (exact) mass is 285 g/mol. The fourth-order valence-electron chi connectivity index (χ4n) is 1.70. The summed E-state index contributed by atoms with van der Waals surface area (Å²) in [5.41, 5.74) is 1.84. The number of nitrogens with one attached hydrogen (secondary N) is 1. The number of hydrogen-bond acceptors (Lipinski definition) is 5. The molecule has 0 unspecified atom stereocenters. The molecule has 0 aliphatic carbocycles. The normalized spacial score (nSPS) is 10.4. The van der Waals surface area contributed by atoms with Crippen LogP contribution in [-0.2, 0) is 0 Å². The second-order valence-corrected chi connectivity index (χ2v) is 4.33. The molecule has 1 N–H and O–H groups in total. The number of rotatable bonds is 2. The molecule has 98 valence electrons. The van der Waals surface area contributed by atoms with Gasteiger partial charge in [0, 0.05) is 18.0 Å². The lowest BCUT2D eigenvalue weighted by molar-refractivity contribution is 0.102. The van der Waals surface area contributed by atoms with Crippen LogP contribution in [0, 0.1) is 0 Å². The summed E-state index contributed by atoms with van der Waals surface area (Å²) in [6.45, 7) is 0. The second kappa shape index (κ2) is 5.18. The van der Waals surface area contributed by atoms with E-state index in [1.54, 1.807) is 30.6 Å². The molecule has 1 aromatic carbocycles. The van der Waals surface area contributed by atoms with E-state index in [2.05, 4.69) is 25.3 Å². The number of carbonyl (C=O) groups is 1. The number of hydrogen-bond donors (Lipinski definition) is 1. The Bertz CT molecular complexity index is 792. The first-order valence-corrected chi connectivity index (χ1v) is 6.10. The Morgan fingerprint density at radius 3 is 2.70 bits per heavy atom. The Morgan fingerprint density at radius 1 is 1.10 bits per heavy atom. The van der Waals surface area contributed by atoms with Crippen LogP contribution >= 0.6 is 11.6 Å². The fraction of sp³-hybridized carbons (Fsp3) is 0. The van der Waals surface area contributed by atoms with Crippen molar-refractivity contribution in [3.05, 3.63) is 53.7 Å². The van der Waals surface area contributed by atoms with Crippen LogP contribution in [0.3, 0.4) is 0 Å². The summed E-state index contributed by atoms with van der Waals surface area (Å²) in [5.74, 6) is -0.0177. The zero-order chi connectivity index (χ0) is 13.9. The van der Waals surface area contributed by atoms with E-state index in [4.69, 9.17) is 11.6 Å². The van der Waals surface area contributed by atoms with Crippen molar-refractivity contribution in [1.29, 1.82) is 0 Å². The zero-order valence-electron chi connectivity index (χ0n) is 10.1. The fourth-order valence-corrected chi connectivity index (χ4v) is 1.84. The van der Waals surface area contributed by atoms with Gasteiger partial charge in [0.15, 0.2) is 5.82 Å². The van der Waals surface area contributed by atoms with Gasteiger partial charge in [-0.15, -0.1) is 0 Å². The molecule has 0 spiro atoms. The van der Waals surface area contributed by atoms with Crippen LogP contribution in [-0.4, -0.2) is 25.8 Å². The molecule has 3 rings (SSSR count). The topological polar surface area (TPSA) is 80.7 Å². The summed E-state index contributed by atoms with van der Waals surface area (Å²) in [5, 5.41) is 2.83. The minimum absolute atomic E-state index is 0.215. The number of nitrogens with zero attached hydrogens (tertiary/aromatic N) is 4. The van der Waals surface area contributed by atoms with Crippen LogP contribution in [0.2, 0.25) is 5.15 Å². The van der Waals surface area contributed by atoms with E-state index < -0.39 is 0 Å². The van der Waals surface area contributed by atoms with Crippen LogP contribution in [0.25, 0.3) is 11.0 Å². The number of amides is 1. The maximum absolute atomic E-state index is 12.1. The Hall–Kier alpha value is -2.60. The smallest absolute Gasteiger partial charge is 0.256 e. The van der Waals surface area contributed by atoms with Gasteiger partial charge in [0.2, 0.25) is 0 Å². The van der Waals surface area contributed by atoms with Crippen LogP contribution in [0.5, 0.6) is 0 Å². The molecular formula is C13H8ClN5O. The highest BCUT2D eigenvalue weighted by atomic mass is 35.5. The Balaban J connectivity index is 1.88. The molecule has 0 atom stereocenters. The van der Waals surface area contributed by atoms with Gasteiger partial charge in [0.1, 0.15) is 5.15 Å². The molecule has 20 heavy (non-hydrogen) atoms. The van der Waals surface area contributed by atoms with Gasteiger partial charge >= 0.3 is 0 Å². The van der Waals surface area contributed by atoms with Crippen molar-refractivity contribution in [3.8, 4) is 0 Å². The SMILES string of the molecule is O=C(Nc1cncc(Cl)n1)c1ccc2nccnc2c1. The minimum atomic E-state index is -0.311. The standard InChI is InChI=1S/C13H8ClN5O/c14-11-6-15-7-12(18-11)19-13(20)8-1-2-9-10(5-8)17-4-3-16-9/h1-7H,(H,18,19,20). The van der Waals surface area contributed by atoms with Crippen molar-refractivity contribution in [2.75, 3.05) is 5.32 Å².